The van der Waals surface area contributed by atoms with E-state index in [9.17, 15) is 4.79 Å². The monoisotopic (exact) mass is 295 g/mol. The molecule has 20 heavy (non-hydrogen) atoms. The Kier molecular flexibility index (Phi) is 4.70. The first-order valence-corrected chi connectivity index (χ1v) is 8.22. The van der Waals surface area contributed by atoms with Gasteiger partial charge in [0.25, 0.3) is 0 Å². The smallest absolute Gasteiger partial charge is 0.227 e. The molecule has 1 unspecified atom stereocenters. The van der Waals surface area contributed by atoms with Crippen LogP contribution in [0.1, 0.15) is 24.1 Å². The Bertz CT molecular complexity index is 420. The van der Waals surface area contributed by atoms with Crippen molar-refractivity contribution in [1.29, 1.82) is 0 Å². The molecule has 0 aromatic carbocycles. The van der Waals surface area contributed by atoms with Crippen LogP contribution in [0.4, 0.5) is 0 Å². The number of carbonyl (C=O) groups is 1. The highest BCUT2D eigenvalue weighted by Gasteiger charge is 2.26. The lowest BCUT2D eigenvalue weighted by molar-refractivity contribution is -0.133. The first kappa shape index (κ1) is 14.0. The van der Waals surface area contributed by atoms with Crippen LogP contribution in [-0.4, -0.2) is 49.3 Å². The molecule has 2 saturated heterocycles. The van der Waals surface area contributed by atoms with Crippen molar-refractivity contribution >= 4 is 17.2 Å². The predicted molar refractivity (Wildman–Crippen MR) is 77.9 cm³/mol. The van der Waals surface area contributed by atoms with Gasteiger partial charge in [-0.25, -0.2) is 0 Å². The van der Waals surface area contributed by atoms with Gasteiger partial charge in [-0.15, -0.1) is 11.3 Å². The van der Waals surface area contributed by atoms with E-state index in [2.05, 4.69) is 0 Å². The summed E-state index contributed by atoms with van der Waals surface area (Å²) < 4.78 is 11.4. The highest BCUT2D eigenvalue weighted by atomic mass is 32.1. The highest BCUT2D eigenvalue weighted by Crippen LogP contribution is 2.20. The molecule has 5 heteroatoms. The van der Waals surface area contributed by atoms with E-state index in [4.69, 9.17) is 9.47 Å². The minimum Gasteiger partial charge on any atom is -0.379 e. The van der Waals surface area contributed by atoms with E-state index in [1.807, 2.05) is 22.4 Å². The van der Waals surface area contributed by atoms with Crippen molar-refractivity contribution in [3.63, 3.8) is 0 Å². The molecule has 0 radical (unpaired) electrons. The number of thiophene rings is 1. The summed E-state index contributed by atoms with van der Waals surface area (Å²) in [5, 5.41) is 2.02. The average molecular weight is 295 g/mol. The first-order valence-electron chi connectivity index (χ1n) is 7.34. The molecule has 0 N–H and O–H groups in total. The molecule has 0 aliphatic carbocycles. The summed E-state index contributed by atoms with van der Waals surface area (Å²) in [7, 11) is 0. The van der Waals surface area contributed by atoms with Crippen LogP contribution >= 0.6 is 11.3 Å². The molecule has 110 valence electrons. The maximum absolute atomic E-state index is 12.2. The molecule has 1 aromatic heterocycles. The normalized spacial score (nSPS) is 24.2. The van der Waals surface area contributed by atoms with Crippen LogP contribution in [0.15, 0.2) is 17.5 Å². The number of likely N-dealkylation sites (tertiary alicyclic amines) is 1. The standard InChI is InChI=1S/C15H21NO3S/c17-15(10-14-2-1-9-20-14)16-6-3-12(4-7-16)19-13-5-8-18-11-13/h1-2,9,12-13H,3-8,10-11H2. The van der Waals surface area contributed by atoms with E-state index in [1.54, 1.807) is 11.3 Å². The maximum atomic E-state index is 12.2. The Balaban J connectivity index is 1.42. The van der Waals surface area contributed by atoms with Crippen molar-refractivity contribution < 1.29 is 14.3 Å². The summed E-state index contributed by atoms with van der Waals surface area (Å²) in [6.07, 6.45) is 4.03. The number of piperidine rings is 1. The van der Waals surface area contributed by atoms with Crippen molar-refractivity contribution in [3.05, 3.63) is 22.4 Å². The van der Waals surface area contributed by atoms with Gasteiger partial charge in [0.2, 0.25) is 5.91 Å². The van der Waals surface area contributed by atoms with Gasteiger partial charge in [-0.05, 0) is 30.7 Å². The molecule has 0 spiro atoms. The topological polar surface area (TPSA) is 38.8 Å². The summed E-state index contributed by atoms with van der Waals surface area (Å²) in [5.41, 5.74) is 0. The summed E-state index contributed by atoms with van der Waals surface area (Å²) in [6, 6.07) is 4.02. The van der Waals surface area contributed by atoms with E-state index in [-0.39, 0.29) is 12.0 Å². The van der Waals surface area contributed by atoms with Gasteiger partial charge in [-0.1, -0.05) is 6.07 Å². The molecule has 2 aliphatic heterocycles. The van der Waals surface area contributed by atoms with E-state index >= 15 is 0 Å². The van der Waals surface area contributed by atoms with Gasteiger partial charge in [0, 0.05) is 24.6 Å². The SMILES string of the molecule is O=C(Cc1cccs1)N1CCC(OC2CCOC2)CC1. The molecule has 0 bridgehead atoms. The zero-order valence-electron chi connectivity index (χ0n) is 11.6. The Hall–Kier alpha value is -0.910. The minimum atomic E-state index is 0.245. The van der Waals surface area contributed by atoms with Gasteiger partial charge in [0.05, 0.1) is 25.2 Å². The van der Waals surface area contributed by atoms with E-state index in [0.29, 0.717) is 12.5 Å². The number of amides is 1. The second-order valence-corrected chi connectivity index (χ2v) is 6.49. The fraction of sp³-hybridized carbons (Fsp3) is 0.667. The first-order chi connectivity index (χ1) is 9.81. The van der Waals surface area contributed by atoms with Crippen LogP contribution in [0.5, 0.6) is 0 Å². The number of ether oxygens (including phenoxy) is 2. The van der Waals surface area contributed by atoms with Crippen LogP contribution in [0.2, 0.25) is 0 Å². The lowest BCUT2D eigenvalue weighted by Gasteiger charge is -2.33. The summed E-state index contributed by atoms with van der Waals surface area (Å²) in [6.45, 7) is 3.20. The summed E-state index contributed by atoms with van der Waals surface area (Å²) >= 11 is 1.65. The molecular weight excluding hydrogens is 274 g/mol. The molecule has 3 rings (SSSR count). The molecule has 0 saturated carbocycles. The maximum Gasteiger partial charge on any atom is 0.227 e. The van der Waals surface area contributed by atoms with E-state index in [1.165, 1.54) is 0 Å². The molecule has 2 fully saturated rings. The number of hydrogen-bond acceptors (Lipinski definition) is 4. The van der Waals surface area contributed by atoms with E-state index < -0.39 is 0 Å². The van der Waals surface area contributed by atoms with Crippen LogP contribution in [0, 0.1) is 0 Å². The van der Waals surface area contributed by atoms with Crippen molar-refractivity contribution in [1.82, 2.24) is 4.90 Å². The van der Waals surface area contributed by atoms with Crippen molar-refractivity contribution in [3.8, 4) is 0 Å². The Morgan fingerprint density at radius 1 is 1.35 bits per heavy atom. The quantitative estimate of drug-likeness (QED) is 0.854. The Morgan fingerprint density at radius 3 is 2.85 bits per heavy atom. The second kappa shape index (κ2) is 6.70. The molecule has 2 aliphatic rings. The third-order valence-electron chi connectivity index (χ3n) is 3.97. The van der Waals surface area contributed by atoms with Gasteiger partial charge < -0.3 is 14.4 Å². The predicted octanol–water partition coefficient (Wildman–Crippen LogP) is 2.09. The molecule has 1 amide bonds. The summed E-state index contributed by atoms with van der Waals surface area (Å²) in [4.78, 5) is 15.3. The molecule has 1 atom stereocenters. The Labute approximate surface area is 123 Å². The van der Waals surface area contributed by atoms with Crippen LogP contribution < -0.4 is 0 Å². The van der Waals surface area contributed by atoms with Gasteiger partial charge in [0.1, 0.15) is 0 Å². The molecule has 4 nitrogen and oxygen atoms in total. The fourth-order valence-corrected chi connectivity index (χ4v) is 3.50. The minimum absolute atomic E-state index is 0.245. The largest absolute Gasteiger partial charge is 0.379 e. The van der Waals surface area contributed by atoms with Crippen LogP contribution in [-0.2, 0) is 20.7 Å². The number of carbonyl (C=O) groups excluding carboxylic acids is 1. The number of hydrogen-bond donors (Lipinski definition) is 0. The third kappa shape index (κ3) is 3.59. The van der Waals surface area contributed by atoms with Crippen molar-refractivity contribution in [2.75, 3.05) is 26.3 Å². The van der Waals surface area contributed by atoms with Gasteiger partial charge in [-0.3, -0.25) is 4.79 Å². The summed E-state index contributed by atoms with van der Waals surface area (Å²) in [5.74, 6) is 0.245. The van der Waals surface area contributed by atoms with E-state index in [0.717, 1.165) is 50.4 Å². The average Bonchev–Trinajstić information content (AvgIpc) is 3.13. The number of nitrogens with zero attached hydrogens (tertiary/aromatic N) is 1. The van der Waals surface area contributed by atoms with Crippen molar-refractivity contribution in [2.45, 2.75) is 37.9 Å². The third-order valence-corrected chi connectivity index (χ3v) is 4.85. The lowest BCUT2D eigenvalue weighted by Crippen LogP contribution is -2.42. The van der Waals surface area contributed by atoms with Crippen LogP contribution in [0.25, 0.3) is 0 Å². The van der Waals surface area contributed by atoms with Crippen LogP contribution in [0.3, 0.4) is 0 Å². The number of rotatable bonds is 4. The van der Waals surface area contributed by atoms with Gasteiger partial charge in [0.15, 0.2) is 0 Å². The Morgan fingerprint density at radius 2 is 2.20 bits per heavy atom. The van der Waals surface area contributed by atoms with Gasteiger partial charge in [-0.2, -0.15) is 0 Å². The zero-order chi connectivity index (χ0) is 13.8. The zero-order valence-corrected chi connectivity index (χ0v) is 12.4. The molecule has 1 aromatic rings. The lowest BCUT2D eigenvalue weighted by atomic mass is 10.1. The van der Waals surface area contributed by atoms with Crippen molar-refractivity contribution in [2.24, 2.45) is 0 Å². The fourth-order valence-electron chi connectivity index (χ4n) is 2.81. The highest BCUT2D eigenvalue weighted by molar-refractivity contribution is 7.10. The molecular formula is C15H21NO3S. The van der Waals surface area contributed by atoms with Gasteiger partial charge >= 0.3 is 0 Å². The molecule has 3 heterocycles. The second-order valence-electron chi connectivity index (χ2n) is 5.46.